The lowest BCUT2D eigenvalue weighted by Crippen LogP contribution is -1.97. The summed E-state index contributed by atoms with van der Waals surface area (Å²) in [5.41, 5.74) is 3.33. The Bertz CT molecular complexity index is 500. The van der Waals surface area contributed by atoms with Gasteiger partial charge in [-0.25, -0.2) is 0 Å². The van der Waals surface area contributed by atoms with Crippen molar-refractivity contribution in [2.24, 2.45) is 0 Å². The van der Waals surface area contributed by atoms with Gasteiger partial charge in [0.25, 0.3) is 0 Å². The van der Waals surface area contributed by atoms with Gasteiger partial charge in [-0.1, -0.05) is 72.3 Å². The van der Waals surface area contributed by atoms with E-state index in [0.29, 0.717) is 6.42 Å². The quantitative estimate of drug-likeness (QED) is 0.845. The summed E-state index contributed by atoms with van der Waals surface area (Å²) >= 11 is 0. The van der Waals surface area contributed by atoms with Gasteiger partial charge in [0.2, 0.25) is 0 Å². The number of aliphatic hydroxyl groups is 1. The summed E-state index contributed by atoms with van der Waals surface area (Å²) in [6.07, 6.45) is 2.36. The second-order valence-corrected chi connectivity index (χ2v) is 4.53. The van der Waals surface area contributed by atoms with E-state index in [9.17, 15) is 5.11 Å². The molecule has 2 aromatic rings. The fourth-order valence-electron chi connectivity index (χ4n) is 1.99. The SMILES string of the molecule is C/C(=C\c1ccccc1)CC(O)c1ccccc1. The molecular formula is C17H18O. The Kier molecular flexibility index (Phi) is 4.32. The van der Waals surface area contributed by atoms with E-state index in [2.05, 4.69) is 25.1 Å². The predicted octanol–water partition coefficient (Wildman–Crippen LogP) is 4.21. The molecule has 0 saturated carbocycles. The van der Waals surface area contributed by atoms with Gasteiger partial charge in [0.15, 0.2) is 0 Å². The third-order valence-electron chi connectivity index (χ3n) is 2.91. The van der Waals surface area contributed by atoms with Crippen LogP contribution in [-0.2, 0) is 0 Å². The molecule has 0 aliphatic heterocycles. The second-order valence-electron chi connectivity index (χ2n) is 4.53. The summed E-state index contributed by atoms with van der Waals surface area (Å²) in [5, 5.41) is 10.1. The highest BCUT2D eigenvalue weighted by Crippen LogP contribution is 2.21. The normalized spacial score (nSPS) is 13.3. The van der Waals surface area contributed by atoms with Gasteiger partial charge < -0.3 is 5.11 Å². The second kappa shape index (κ2) is 6.18. The average molecular weight is 238 g/mol. The van der Waals surface area contributed by atoms with Crippen LogP contribution in [-0.4, -0.2) is 5.11 Å². The zero-order chi connectivity index (χ0) is 12.8. The molecule has 0 spiro atoms. The van der Waals surface area contributed by atoms with Crippen molar-refractivity contribution in [1.29, 1.82) is 0 Å². The van der Waals surface area contributed by atoms with Gasteiger partial charge in [0, 0.05) is 0 Å². The highest BCUT2D eigenvalue weighted by molar-refractivity contribution is 5.52. The fourth-order valence-corrected chi connectivity index (χ4v) is 1.99. The first-order valence-corrected chi connectivity index (χ1v) is 6.21. The molecule has 0 saturated heterocycles. The average Bonchev–Trinajstić information content (AvgIpc) is 2.40. The molecule has 0 heterocycles. The van der Waals surface area contributed by atoms with Crippen LogP contribution in [0, 0.1) is 0 Å². The molecule has 1 heteroatoms. The van der Waals surface area contributed by atoms with Crippen LogP contribution >= 0.6 is 0 Å². The summed E-state index contributed by atoms with van der Waals surface area (Å²) in [6, 6.07) is 20.0. The van der Waals surface area contributed by atoms with E-state index in [1.165, 1.54) is 11.1 Å². The molecule has 1 unspecified atom stereocenters. The molecule has 92 valence electrons. The largest absolute Gasteiger partial charge is 0.388 e. The Morgan fingerprint density at radius 1 is 1.00 bits per heavy atom. The fraction of sp³-hybridized carbons (Fsp3) is 0.176. The monoisotopic (exact) mass is 238 g/mol. The van der Waals surface area contributed by atoms with Crippen molar-refractivity contribution >= 4 is 6.08 Å². The van der Waals surface area contributed by atoms with Crippen LogP contribution in [0.1, 0.15) is 30.6 Å². The number of benzene rings is 2. The minimum atomic E-state index is -0.425. The van der Waals surface area contributed by atoms with Crippen LogP contribution in [0.5, 0.6) is 0 Å². The zero-order valence-electron chi connectivity index (χ0n) is 10.6. The van der Waals surface area contributed by atoms with Gasteiger partial charge in [-0.05, 0) is 24.5 Å². The Morgan fingerprint density at radius 3 is 2.17 bits per heavy atom. The molecule has 2 rings (SSSR count). The summed E-state index contributed by atoms with van der Waals surface area (Å²) in [4.78, 5) is 0. The van der Waals surface area contributed by atoms with Crippen LogP contribution in [0.2, 0.25) is 0 Å². The van der Waals surface area contributed by atoms with Gasteiger partial charge in [-0.15, -0.1) is 0 Å². The van der Waals surface area contributed by atoms with E-state index in [1.54, 1.807) is 0 Å². The van der Waals surface area contributed by atoms with Crippen LogP contribution in [0.4, 0.5) is 0 Å². The summed E-state index contributed by atoms with van der Waals surface area (Å²) < 4.78 is 0. The zero-order valence-corrected chi connectivity index (χ0v) is 10.6. The first-order chi connectivity index (χ1) is 8.75. The van der Waals surface area contributed by atoms with E-state index < -0.39 is 6.10 Å². The molecule has 1 atom stereocenters. The molecule has 0 aliphatic carbocycles. The van der Waals surface area contributed by atoms with E-state index in [0.717, 1.165) is 5.56 Å². The standard InChI is InChI=1S/C17H18O/c1-14(12-15-8-4-2-5-9-15)13-17(18)16-10-6-3-7-11-16/h2-12,17-18H,13H2,1H3/b14-12+. The molecule has 2 aromatic carbocycles. The van der Waals surface area contributed by atoms with Crippen molar-refractivity contribution in [1.82, 2.24) is 0 Å². The van der Waals surface area contributed by atoms with Gasteiger partial charge in [0.1, 0.15) is 0 Å². The number of rotatable bonds is 4. The lowest BCUT2D eigenvalue weighted by Gasteiger charge is -2.11. The van der Waals surface area contributed by atoms with Gasteiger partial charge in [-0.2, -0.15) is 0 Å². The first-order valence-electron chi connectivity index (χ1n) is 6.21. The van der Waals surface area contributed by atoms with Crippen molar-refractivity contribution in [2.45, 2.75) is 19.4 Å². The molecule has 0 aromatic heterocycles. The van der Waals surface area contributed by atoms with E-state index in [1.807, 2.05) is 48.5 Å². The van der Waals surface area contributed by atoms with Crippen molar-refractivity contribution in [2.75, 3.05) is 0 Å². The molecule has 0 fully saturated rings. The summed E-state index contributed by atoms with van der Waals surface area (Å²) in [5.74, 6) is 0. The Hall–Kier alpha value is -1.86. The molecule has 0 radical (unpaired) electrons. The summed E-state index contributed by atoms with van der Waals surface area (Å²) in [7, 11) is 0. The van der Waals surface area contributed by atoms with Gasteiger partial charge >= 0.3 is 0 Å². The molecule has 1 nitrogen and oxygen atoms in total. The highest BCUT2D eigenvalue weighted by Gasteiger charge is 2.07. The molecule has 0 amide bonds. The minimum Gasteiger partial charge on any atom is -0.388 e. The highest BCUT2D eigenvalue weighted by atomic mass is 16.3. The molecule has 0 bridgehead atoms. The Morgan fingerprint density at radius 2 is 1.56 bits per heavy atom. The van der Waals surface area contributed by atoms with Crippen molar-refractivity contribution in [3.05, 3.63) is 77.4 Å². The van der Waals surface area contributed by atoms with Crippen molar-refractivity contribution in [3.63, 3.8) is 0 Å². The van der Waals surface area contributed by atoms with Crippen molar-refractivity contribution in [3.8, 4) is 0 Å². The lowest BCUT2D eigenvalue weighted by molar-refractivity contribution is 0.178. The molecule has 18 heavy (non-hydrogen) atoms. The number of hydrogen-bond acceptors (Lipinski definition) is 1. The van der Waals surface area contributed by atoms with Crippen LogP contribution < -0.4 is 0 Å². The first kappa shape index (κ1) is 12.6. The minimum absolute atomic E-state index is 0.425. The smallest absolute Gasteiger partial charge is 0.0827 e. The lowest BCUT2D eigenvalue weighted by atomic mass is 10.0. The molecule has 1 N–H and O–H groups in total. The van der Waals surface area contributed by atoms with Crippen molar-refractivity contribution < 1.29 is 5.11 Å². The summed E-state index contributed by atoms with van der Waals surface area (Å²) in [6.45, 7) is 2.05. The van der Waals surface area contributed by atoms with Crippen LogP contribution in [0.3, 0.4) is 0 Å². The van der Waals surface area contributed by atoms with Crippen LogP contribution in [0.25, 0.3) is 6.08 Å². The topological polar surface area (TPSA) is 20.2 Å². The predicted molar refractivity (Wildman–Crippen MR) is 76.1 cm³/mol. The Labute approximate surface area is 108 Å². The molecular weight excluding hydrogens is 220 g/mol. The number of aliphatic hydroxyl groups excluding tert-OH is 1. The van der Waals surface area contributed by atoms with Gasteiger partial charge in [-0.3, -0.25) is 0 Å². The maximum atomic E-state index is 10.1. The maximum Gasteiger partial charge on any atom is 0.0827 e. The third kappa shape index (κ3) is 3.57. The van der Waals surface area contributed by atoms with Gasteiger partial charge in [0.05, 0.1) is 6.10 Å². The number of hydrogen-bond donors (Lipinski definition) is 1. The van der Waals surface area contributed by atoms with E-state index in [-0.39, 0.29) is 0 Å². The Balaban J connectivity index is 2.04. The third-order valence-corrected chi connectivity index (χ3v) is 2.91. The van der Waals surface area contributed by atoms with E-state index in [4.69, 9.17) is 0 Å². The molecule has 0 aliphatic rings. The maximum absolute atomic E-state index is 10.1. The van der Waals surface area contributed by atoms with E-state index >= 15 is 0 Å². The van der Waals surface area contributed by atoms with Crippen LogP contribution in [0.15, 0.2) is 66.2 Å².